The molecule has 0 aliphatic carbocycles. The summed E-state index contributed by atoms with van der Waals surface area (Å²) < 4.78 is 4.80. The first kappa shape index (κ1) is 28.4. The van der Waals surface area contributed by atoms with Crippen LogP contribution in [0.2, 0.25) is 0 Å². The van der Waals surface area contributed by atoms with E-state index in [1.54, 1.807) is 0 Å². The van der Waals surface area contributed by atoms with Gasteiger partial charge in [0.2, 0.25) is 0 Å². The fourth-order valence-corrected chi connectivity index (χ4v) is 7.61. The average Bonchev–Trinajstić information content (AvgIpc) is 3.70. The van der Waals surface area contributed by atoms with Crippen LogP contribution in [0.15, 0.2) is 187 Å². The van der Waals surface area contributed by atoms with Gasteiger partial charge in [0.15, 0.2) is 0 Å². The Labute approximate surface area is 289 Å². The molecule has 1 atom stereocenters. The van der Waals surface area contributed by atoms with Gasteiger partial charge in [0.1, 0.15) is 6.17 Å². The van der Waals surface area contributed by atoms with E-state index in [4.69, 9.17) is 4.99 Å². The molecule has 0 spiro atoms. The lowest BCUT2D eigenvalue weighted by molar-refractivity contribution is 0.664. The number of aromatic nitrogens is 2. The number of hydrogen-bond donors (Lipinski definition) is 1. The summed E-state index contributed by atoms with van der Waals surface area (Å²) in [7, 11) is 0. The summed E-state index contributed by atoms with van der Waals surface area (Å²) in [6, 6.07) is 62.7. The lowest BCUT2D eigenvalue weighted by Crippen LogP contribution is -2.24. The fraction of sp³-hybridized carbons (Fsp3) is 0.0217. The van der Waals surface area contributed by atoms with E-state index < -0.39 is 0 Å². The summed E-state index contributed by atoms with van der Waals surface area (Å²) in [4.78, 5) is 5.20. The second-order valence-corrected chi connectivity index (χ2v) is 12.9. The van der Waals surface area contributed by atoms with Gasteiger partial charge in [0.05, 0.1) is 27.8 Å². The maximum Gasteiger partial charge on any atom is 0.145 e. The molecule has 1 unspecified atom stereocenters. The topological polar surface area (TPSA) is 34.2 Å². The Morgan fingerprint density at radius 1 is 0.420 bits per heavy atom. The maximum atomic E-state index is 5.20. The van der Waals surface area contributed by atoms with E-state index in [9.17, 15) is 0 Å². The summed E-state index contributed by atoms with van der Waals surface area (Å²) in [5.74, 6) is 0. The third kappa shape index (κ3) is 4.57. The van der Waals surface area contributed by atoms with Crippen LogP contribution in [-0.4, -0.2) is 14.8 Å². The molecule has 1 N–H and O–H groups in total. The van der Waals surface area contributed by atoms with Crippen molar-refractivity contribution in [2.45, 2.75) is 6.17 Å². The molecule has 0 fully saturated rings. The van der Waals surface area contributed by atoms with E-state index in [0.29, 0.717) is 0 Å². The van der Waals surface area contributed by atoms with E-state index in [2.05, 4.69) is 190 Å². The third-order valence-electron chi connectivity index (χ3n) is 9.94. The van der Waals surface area contributed by atoms with Crippen LogP contribution in [0.4, 0.5) is 0 Å². The van der Waals surface area contributed by atoms with Gasteiger partial charge in [-0.15, -0.1) is 0 Å². The molecule has 1 aliphatic rings. The number of nitrogens with zero attached hydrogens (tertiary/aromatic N) is 3. The monoisotopic (exact) mass is 640 g/mol. The molecule has 50 heavy (non-hydrogen) atoms. The average molecular weight is 641 g/mol. The Balaban J connectivity index is 1.13. The molecular formula is C46H32N4. The number of allylic oxidation sites excluding steroid dienone is 1. The number of benzene rings is 7. The van der Waals surface area contributed by atoms with Gasteiger partial charge in [-0.2, -0.15) is 0 Å². The lowest BCUT2D eigenvalue weighted by Gasteiger charge is -2.25. The molecule has 4 heteroatoms. The van der Waals surface area contributed by atoms with Crippen LogP contribution in [0.25, 0.3) is 60.7 Å². The normalized spacial score (nSPS) is 14.6. The van der Waals surface area contributed by atoms with Gasteiger partial charge in [-0.25, -0.2) is 0 Å². The van der Waals surface area contributed by atoms with Crippen molar-refractivity contribution in [1.82, 2.24) is 14.5 Å². The van der Waals surface area contributed by atoms with Gasteiger partial charge in [-0.3, -0.25) is 4.99 Å². The molecule has 0 radical (unpaired) electrons. The van der Waals surface area contributed by atoms with Crippen molar-refractivity contribution >= 4 is 55.0 Å². The standard InChI is InChI=1S/C46H32N4/c1-4-14-31(15-5-1)40-29-41(32-16-6-2-7-17-32)48-46(47-40)33-24-26-35(27-25-33)50-43-23-13-11-21-37(43)39-28-38-36-20-10-12-22-42(36)49(44(38)30-45(39)50)34-18-8-3-9-19-34/h1-30,46-47H. The van der Waals surface area contributed by atoms with Gasteiger partial charge in [0.25, 0.3) is 0 Å². The van der Waals surface area contributed by atoms with E-state index >= 15 is 0 Å². The van der Waals surface area contributed by atoms with Gasteiger partial charge < -0.3 is 14.5 Å². The molecule has 0 saturated carbocycles. The Hall–Kier alpha value is -6.65. The van der Waals surface area contributed by atoms with Crippen LogP contribution in [0.5, 0.6) is 0 Å². The number of aliphatic imine (C=N–C) groups is 1. The van der Waals surface area contributed by atoms with Gasteiger partial charge in [0, 0.05) is 38.6 Å². The molecule has 0 amide bonds. The summed E-state index contributed by atoms with van der Waals surface area (Å²) in [6.07, 6.45) is 1.93. The Kier molecular flexibility index (Phi) is 6.53. The molecule has 9 aromatic rings. The first-order chi connectivity index (χ1) is 24.8. The minimum Gasteiger partial charge on any atom is -0.360 e. The van der Waals surface area contributed by atoms with Crippen LogP contribution >= 0.6 is 0 Å². The van der Waals surface area contributed by atoms with Crippen molar-refractivity contribution < 1.29 is 0 Å². The second kappa shape index (κ2) is 11.5. The van der Waals surface area contributed by atoms with Crippen molar-refractivity contribution in [2.75, 3.05) is 0 Å². The van der Waals surface area contributed by atoms with Crippen molar-refractivity contribution in [3.8, 4) is 11.4 Å². The van der Waals surface area contributed by atoms with Crippen molar-refractivity contribution in [3.05, 3.63) is 199 Å². The number of fused-ring (bicyclic) bond motifs is 6. The number of rotatable bonds is 5. The molecule has 1 aliphatic heterocycles. The van der Waals surface area contributed by atoms with Crippen LogP contribution in [0, 0.1) is 0 Å². The number of nitrogens with one attached hydrogen (secondary N) is 1. The zero-order chi connectivity index (χ0) is 33.0. The SMILES string of the molecule is C1=C(c2ccccc2)NC(c2ccc(-n3c4ccccc4c4cc5c6ccccc6n(-c6ccccc6)c5cc43)cc2)N=C1c1ccccc1. The largest absolute Gasteiger partial charge is 0.360 e. The highest BCUT2D eigenvalue weighted by Crippen LogP contribution is 2.39. The third-order valence-corrected chi connectivity index (χ3v) is 9.94. The Bertz CT molecular complexity index is 2750. The van der Waals surface area contributed by atoms with Crippen LogP contribution in [0.1, 0.15) is 22.9 Å². The van der Waals surface area contributed by atoms with Crippen molar-refractivity contribution in [1.29, 1.82) is 0 Å². The fourth-order valence-electron chi connectivity index (χ4n) is 7.61. The highest BCUT2D eigenvalue weighted by molar-refractivity contribution is 6.19. The number of hydrogen-bond acceptors (Lipinski definition) is 2. The highest BCUT2D eigenvalue weighted by atomic mass is 15.1. The van der Waals surface area contributed by atoms with Gasteiger partial charge in [-0.1, -0.05) is 127 Å². The van der Waals surface area contributed by atoms with Crippen molar-refractivity contribution in [3.63, 3.8) is 0 Å². The zero-order valence-electron chi connectivity index (χ0n) is 27.2. The quantitative estimate of drug-likeness (QED) is 0.200. The lowest BCUT2D eigenvalue weighted by atomic mass is 10.0. The molecule has 10 rings (SSSR count). The summed E-state index contributed by atoms with van der Waals surface area (Å²) in [5.41, 5.74) is 12.4. The molecular weight excluding hydrogens is 609 g/mol. The van der Waals surface area contributed by atoms with E-state index in [0.717, 1.165) is 39.5 Å². The molecule has 4 nitrogen and oxygen atoms in total. The Morgan fingerprint density at radius 2 is 0.920 bits per heavy atom. The molecule has 2 aromatic heterocycles. The summed E-state index contributed by atoms with van der Waals surface area (Å²) in [6.45, 7) is 0. The molecule has 3 heterocycles. The first-order valence-corrected chi connectivity index (χ1v) is 17.1. The van der Waals surface area contributed by atoms with Crippen molar-refractivity contribution in [2.24, 2.45) is 4.99 Å². The maximum absolute atomic E-state index is 5.20. The molecule has 7 aromatic carbocycles. The smallest absolute Gasteiger partial charge is 0.145 e. The highest BCUT2D eigenvalue weighted by Gasteiger charge is 2.21. The van der Waals surface area contributed by atoms with E-state index in [-0.39, 0.29) is 6.17 Å². The first-order valence-electron chi connectivity index (χ1n) is 17.1. The molecule has 236 valence electrons. The van der Waals surface area contributed by atoms with Crippen LogP contribution < -0.4 is 5.32 Å². The van der Waals surface area contributed by atoms with Gasteiger partial charge in [-0.05, 0) is 71.3 Å². The summed E-state index contributed by atoms with van der Waals surface area (Å²) >= 11 is 0. The minimum atomic E-state index is -0.223. The van der Waals surface area contributed by atoms with Gasteiger partial charge >= 0.3 is 0 Å². The van der Waals surface area contributed by atoms with E-state index in [1.807, 2.05) is 6.07 Å². The molecule has 0 bridgehead atoms. The number of para-hydroxylation sites is 3. The minimum absolute atomic E-state index is 0.223. The van der Waals surface area contributed by atoms with E-state index in [1.165, 1.54) is 43.6 Å². The molecule has 0 saturated heterocycles. The second-order valence-electron chi connectivity index (χ2n) is 12.9. The van der Waals surface area contributed by atoms with Crippen LogP contribution in [0.3, 0.4) is 0 Å². The predicted octanol–water partition coefficient (Wildman–Crippen LogP) is 11.0. The summed E-state index contributed by atoms with van der Waals surface area (Å²) in [5, 5.41) is 8.72. The zero-order valence-corrected chi connectivity index (χ0v) is 27.2. The van der Waals surface area contributed by atoms with Crippen LogP contribution in [-0.2, 0) is 0 Å². The predicted molar refractivity (Wildman–Crippen MR) is 208 cm³/mol. The Morgan fingerprint density at radius 3 is 1.52 bits per heavy atom.